The van der Waals surface area contributed by atoms with Crippen LogP contribution in [-0.2, 0) is 4.79 Å². The summed E-state index contributed by atoms with van der Waals surface area (Å²) in [7, 11) is 0. The quantitative estimate of drug-likeness (QED) is 0.896. The van der Waals surface area contributed by atoms with E-state index in [1.807, 2.05) is 6.92 Å². The van der Waals surface area contributed by atoms with Gasteiger partial charge in [-0.3, -0.25) is 4.79 Å². The van der Waals surface area contributed by atoms with E-state index in [1.165, 1.54) is 12.8 Å². The summed E-state index contributed by atoms with van der Waals surface area (Å²) in [5.41, 5.74) is 1.06. The van der Waals surface area contributed by atoms with Crippen LogP contribution < -0.4 is 10.6 Å². The fraction of sp³-hybridized carbons (Fsp3) is 0.733. The number of aryl methyl sites for hydroxylation is 1. The summed E-state index contributed by atoms with van der Waals surface area (Å²) < 4.78 is 0. The predicted molar refractivity (Wildman–Crippen MR) is 80.6 cm³/mol. The third kappa shape index (κ3) is 3.20. The third-order valence-electron chi connectivity index (χ3n) is 4.29. The molecule has 1 amide bonds. The lowest BCUT2D eigenvalue weighted by atomic mass is 9.92. The van der Waals surface area contributed by atoms with Crippen LogP contribution in [0.15, 0.2) is 5.38 Å². The number of aromatic nitrogens is 1. The van der Waals surface area contributed by atoms with Crippen molar-refractivity contribution in [2.75, 3.05) is 6.54 Å². The molecule has 2 aliphatic rings. The molecule has 2 fully saturated rings. The Morgan fingerprint density at radius 2 is 2.30 bits per heavy atom. The van der Waals surface area contributed by atoms with E-state index in [9.17, 15) is 4.79 Å². The van der Waals surface area contributed by atoms with E-state index in [2.05, 4.69) is 27.9 Å². The molecule has 2 heterocycles. The highest BCUT2D eigenvalue weighted by Gasteiger charge is 2.36. The van der Waals surface area contributed by atoms with Gasteiger partial charge in [-0.15, -0.1) is 11.3 Å². The SMILES string of the molecule is Cc1csc(C(NC(=O)[C@H]2CCN[C@@H](C)C2)C2CC2)n1. The van der Waals surface area contributed by atoms with Gasteiger partial charge in [0.2, 0.25) is 5.91 Å². The van der Waals surface area contributed by atoms with Gasteiger partial charge >= 0.3 is 0 Å². The molecule has 0 radical (unpaired) electrons. The molecule has 3 atom stereocenters. The maximum atomic E-state index is 12.5. The second-order valence-corrected chi connectivity index (χ2v) is 7.12. The Morgan fingerprint density at radius 1 is 1.50 bits per heavy atom. The molecule has 3 rings (SSSR count). The smallest absolute Gasteiger partial charge is 0.223 e. The average molecular weight is 293 g/mol. The first-order valence-electron chi connectivity index (χ1n) is 7.59. The summed E-state index contributed by atoms with van der Waals surface area (Å²) in [6.45, 7) is 5.12. The largest absolute Gasteiger partial charge is 0.346 e. The summed E-state index contributed by atoms with van der Waals surface area (Å²) >= 11 is 1.68. The lowest BCUT2D eigenvalue weighted by Crippen LogP contribution is -2.43. The fourth-order valence-electron chi connectivity index (χ4n) is 2.97. The van der Waals surface area contributed by atoms with Gasteiger partial charge in [-0.2, -0.15) is 0 Å². The number of nitrogens with zero attached hydrogens (tertiary/aromatic N) is 1. The molecule has 1 aliphatic heterocycles. The van der Waals surface area contributed by atoms with Crippen LogP contribution in [0.25, 0.3) is 0 Å². The molecule has 20 heavy (non-hydrogen) atoms. The predicted octanol–water partition coefficient (Wildman–Crippen LogP) is 2.41. The van der Waals surface area contributed by atoms with Gasteiger partial charge in [0, 0.05) is 23.0 Å². The second kappa shape index (κ2) is 5.82. The van der Waals surface area contributed by atoms with E-state index in [4.69, 9.17) is 0 Å². The van der Waals surface area contributed by atoms with Crippen molar-refractivity contribution in [3.05, 3.63) is 16.1 Å². The fourth-order valence-corrected chi connectivity index (χ4v) is 3.91. The van der Waals surface area contributed by atoms with Crippen LogP contribution in [0.1, 0.15) is 49.4 Å². The van der Waals surface area contributed by atoms with Crippen LogP contribution in [0.4, 0.5) is 0 Å². The van der Waals surface area contributed by atoms with Crippen molar-refractivity contribution in [3.63, 3.8) is 0 Å². The Morgan fingerprint density at radius 3 is 2.90 bits per heavy atom. The maximum Gasteiger partial charge on any atom is 0.223 e. The van der Waals surface area contributed by atoms with Crippen molar-refractivity contribution in [3.8, 4) is 0 Å². The van der Waals surface area contributed by atoms with Gasteiger partial charge in [-0.25, -0.2) is 4.98 Å². The highest BCUT2D eigenvalue weighted by molar-refractivity contribution is 7.09. The van der Waals surface area contributed by atoms with E-state index < -0.39 is 0 Å². The molecule has 1 unspecified atom stereocenters. The number of nitrogens with one attached hydrogen (secondary N) is 2. The Labute approximate surface area is 124 Å². The molecular weight excluding hydrogens is 270 g/mol. The summed E-state index contributed by atoms with van der Waals surface area (Å²) in [5.74, 6) is 0.986. The summed E-state index contributed by atoms with van der Waals surface area (Å²) in [4.78, 5) is 17.1. The zero-order valence-electron chi connectivity index (χ0n) is 12.2. The lowest BCUT2D eigenvalue weighted by Gasteiger charge is -2.28. The Bertz CT molecular complexity index is 483. The van der Waals surface area contributed by atoms with Gasteiger partial charge < -0.3 is 10.6 Å². The number of piperidine rings is 1. The molecular formula is C15H23N3OS. The minimum absolute atomic E-state index is 0.145. The van der Waals surface area contributed by atoms with Crippen LogP contribution in [0, 0.1) is 18.8 Å². The van der Waals surface area contributed by atoms with Gasteiger partial charge in [-0.05, 0) is 52.0 Å². The highest BCUT2D eigenvalue weighted by Crippen LogP contribution is 2.42. The van der Waals surface area contributed by atoms with Gasteiger partial charge in [0.25, 0.3) is 0 Å². The Kier molecular flexibility index (Phi) is 4.08. The van der Waals surface area contributed by atoms with E-state index in [0.29, 0.717) is 12.0 Å². The van der Waals surface area contributed by atoms with Crippen LogP contribution in [0.3, 0.4) is 0 Å². The van der Waals surface area contributed by atoms with E-state index in [1.54, 1.807) is 11.3 Å². The zero-order valence-corrected chi connectivity index (χ0v) is 13.0. The molecule has 4 nitrogen and oxygen atoms in total. The first-order chi connectivity index (χ1) is 9.63. The van der Waals surface area contributed by atoms with Crippen molar-refractivity contribution in [1.29, 1.82) is 0 Å². The molecule has 110 valence electrons. The summed E-state index contributed by atoms with van der Waals surface area (Å²) in [5, 5.41) is 9.84. The van der Waals surface area contributed by atoms with Gasteiger partial charge in [0.15, 0.2) is 0 Å². The maximum absolute atomic E-state index is 12.5. The molecule has 0 aromatic carbocycles. The van der Waals surface area contributed by atoms with Gasteiger partial charge in [0.1, 0.15) is 5.01 Å². The monoisotopic (exact) mass is 293 g/mol. The number of amides is 1. The van der Waals surface area contributed by atoms with Crippen molar-refractivity contribution >= 4 is 17.2 Å². The molecule has 1 aromatic heterocycles. The Balaban J connectivity index is 1.65. The molecule has 1 saturated carbocycles. The average Bonchev–Trinajstić information content (AvgIpc) is 3.18. The number of hydrogen-bond acceptors (Lipinski definition) is 4. The van der Waals surface area contributed by atoms with Crippen molar-refractivity contribution in [1.82, 2.24) is 15.6 Å². The van der Waals surface area contributed by atoms with Gasteiger partial charge in [-0.1, -0.05) is 0 Å². The standard InChI is InChI=1S/C15H23N3OS/c1-9-7-12(5-6-16-9)14(19)18-13(11-3-4-11)15-17-10(2)8-20-15/h8-9,11-13,16H,3-7H2,1-2H3,(H,18,19)/t9-,12-,13?/m0/s1. The molecule has 0 bridgehead atoms. The molecule has 5 heteroatoms. The zero-order chi connectivity index (χ0) is 14.1. The first kappa shape index (κ1) is 14.0. The van der Waals surface area contributed by atoms with Gasteiger partial charge in [0.05, 0.1) is 6.04 Å². The number of hydrogen-bond donors (Lipinski definition) is 2. The van der Waals surface area contributed by atoms with Crippen molar-refractivity contribution in [2.45, 2.75) is 51.6 Å². The molecule has 1 saturated heterocycles. The summed E-state index contributed by atoms with van der Waals surface area (Å²) in [6, 6.07) is 0.590. The van der Waals surface area contributed by atoms with E-state index in [-0.39, 0.29) is 17.9 Å². The topological polar surface area (TPSA) is 54.0 Å². The molecule has 0 spiro atoms. The van der Waals surface area contributed by atoms with Crippen molar-refractivity contribution < 1.29 is 4.79 Å². The highest BCUT2D eigenvalue weighted by atomic mass is 32.1. The summed E-state index contributed by atoms with van der Waals surface area (Å²) in [6.07, 6.45) is 4.32. The normalized spacial score (nSPS) is 28.1. The number of thiazole rings is 1. The van der Waals surface area contributed by atoms with Crippen LogP contribution >= 0.6 is 11.3 Å². The number of carbonyl (C=O) groups excluding carboxylic acids is 1. The third-order valence-corrected chi connectivity index (χ3v) is 5.33. The Hall–Kier alpha value is -0.940. The van der Waals surface area contributed by atoms with E-state index in [0.717, 1.165) is 30.1 Å². The first-order valence-corrected chi connectivity index (χ1v) is 8.47. The second-order valence-electron chi connectivity index (χ2n) is 6.23. The van der Waals surface area contributed by atoms with Crippen LogP contribution in [0.5, 0.6) is 0 Å². The number of rotatable bonds is 4. The molecule has 1 aliphatic carbocycles. The minimum Gasteiger partial charge on any atom is -0.346 e. The van der Waals surface area contributed by atoms with Crippen molar-refractivity contribution in [2.24, 2.45) is 11.8 Å². The van der Waals surface area contributed by atoms with Crippen LogP contribution in [0.2, 0.25) is 0 Å². The lowest BCUT2D eigenvalue weighted by molar-refractivity contribution is -0.127. The minimum atomic E-state index is 0.145. The molecule has 2 N–H and O–H groups in total. The molecule has 1 aromatic rings. The van der Waals surface area contributed by atoms with Crippen LogP contribution in [-0.4, -0.2) is 23.5 Å². The van der Waals surface area contributed by atoms with E-state index >= 15 is 0 Å². The number of carbonyl (C=O) groups is 1.